The molecular formula is C12H27Sn+. The Morgan fingerprint density at radius 1 is 0.846 bits per heavy atom. The predicted octanol–water partition coefficient (Wildman–Crippen LogP) is 4.59. The normalized spacial score (nSPS) is 11.3. The first-order chi connectivity index (χ1) is 6.06. The minimum atomic E-state index is -0.873. The van der Waals surface area contributed by atoms with Gasteiger partial charge in [0, 0.05) is 0 Å². The van der Waals surface area contributed by atoms with Crippen LogP contribution in [0.15, 0.2) is 0 Å². The molecule has 0 rings (SSSR count). The molecule has 0 aromatic carbocycles. The van der Waals surface area contributed by atoms with Crippen LogP contribution in [0.25, 0.3) is 0 Å². The van der Waals surface area contributed by atoms with Crippen molar-refractivity contribution in [2.75, 3.05) is 0 Å². The molecular weight excluding hydrogens is 263 g/mol. The Labute approximate surface area is 92.2 Å². The molecule has 0 aliphatic carbocycles. The Hall–Kier alpha value is 0.799. The van der Waals surface area contributed by atoms with Gasteiger partial charge in [0.2, 0.25) is 0 Å². The zero-order chi connectivity index (χ0) is 10.3. The van der Waals surface area contributed by atoms with Crippen molar-refractivity contribution in [1.29, 1.82) is 0 Å². The number of rotatable bonds is 7. The monoisotopic (exact) mass is 291 g/mol. The van der Waals surface area contributed by atoms with Crippen LogP contribution in [0, 0.1) is 11.8 Å². The van der Waals surface area contributed by atoms with Crippen LogP contribution in [0.5, 0.6) is 0 Å². The van der Waals surface area contributed by atoms with Gasteiger partial charge in [-0.2, -0.15) is 0 Å². The van der Waals surface area contributed by atoms with E-state index in [1.807, 2.05) is 0 Å². The summed E-state index contributed by atoms with van der Waals surface area (Å²) in [5, 5.41) is 0. The van der Waals surface area contributed by atoms with Gasteiger partial charge < -0.3 is 0 Å². The van der Waals surface area contributed by atoms with E-state index in [1.54, 1.807) is 13.3 Å². The first kappa shape index (κ1) is 13.8. The zero-order valence-electron chi connectivity index (χ0n) is 10.2. The van der Waals surface area contributed by atoms with Crippen LogP contribution in [-0.4, -0.2) is 19.8 Å². The van der Waals surface area contributed by atoms with Gasteiger partial charge in [-0.15, -0.1) is 0 Å². The van der Waals surface area contributed by atoms with E-state index >= 15 is 0 Å². The molecule has 0 aliphatic rings. The molecule has 0 heterocycles. The van der Waals surface area contributed by atoms with Crippen LogP contribution in [-0.2, 0) is 0 Å². The third-order valence-electron chi connectivity index (χ3n) is 2.65. The average molecular weight is 290 g/mol. The molecule has 13 heavy (non-hydrogen) atoms. The molecule has 0 amide bonds. The van der Waals surface area contributed by atoms with Crippen molar-refractivity contribution in [2.24, 2.45) is 11.8 Å². The fraction of sp³-hybridized carbons (Fsp3) is 1.00. The second-order valence-electron chi connectivity index (χ2n) is 4.97. The molecule has 0 radical (unpaired) electrons. The van der Waals surface area contributed by atoms with Gasteiger partial charge in [-0.25, -0.2) is 0 Å². The fourth-order valence-corrected chi connectivity index (χ4v) is 9.82. The fourth-order valence-electron chi connectivity index (χ4n) is 1.46. The maximum atomic E-state index is 2.43. The molecule has 0 aromatic heterocycles. The number of hydrogen-bond donors (Lipinski definition) is 0. The molecule has 0 aliphatic heterocycles. The maximum absolute atomic E-state index is 2.43. The third kappa shape index (κ3) is 9.11. The third-order valence-corrected chi connectivity index (χ3v) is 11.2. The van der Waals surface area contributed by atoms with Crippen LogP contribution in [0.4, 0.5) is 0 Å². The molecule has 78 valence electrons. The molecule has 0 fully saturated rings. The molecule has 0 nitrogen and oxygen atoms in total. The van der Waals surface area contributed by atoms with E-state index in [2.05, 4.69) is 34.6 Å². The predicted molar refractivity (Wildman–Crippen MR) is 64.8 cm³/mol. The summed E-state index contributed by atoms with van der Waals surface area (Å²) in [6, 6.07) is 0. The van der Waals surface area contributed by atoms with Gasteiger partial charge in [0.25, 0.3) is 0 Å². The molecule has 0 atom stereocenters. The Bertz CT molecular complexity index is 95.7. The van der Waals surface area contributed by atoms with Gasteiger partial charge in [-0.05, 0) is 0 Å². The van der Waals surface area contributed by atoms with Gasteiger partial charge in [0.05, 0.1) is 0 Å². The molecule has 0 unspecified atom stereocenters. The standard InChI is InChI=1S/2C5H11.C2H5.Sn/c2*1-4-5(2)3;1-2;/h2*5H,1,4H2,2-3H3;1H2,2H3;/q;;;+1. The van der Waals surface area contributed by atoms with Crippen molar-refractivity contribution in [3.8, 4) is 0 Å². The summed E-state index contributed by atoms with van der Waals surface area (Å²) in [6.45, 7) is 11.9. The molecule has 1 heteroatoms. The summed E-state index contributed by atoms with van der Waals surface area (Å²) >= 11 is -0.873. The van der Waals surface area contributed by atoms with Crippen LogP contribution < -0.4 is 0 Å². The average Bonchev–Trinajstić information content (AvgIpc) is 2.04. The van der Waals surface area contributed by atoms with E-state index in [9.17, 15) is 0 Å². The van der Waals surface area contributed by atoms with Crippen LogP contribution in [0.1, 0.15) is 47.5 Å². The van der Waals surface area contributed by atoms with Crippen LogP contribution in [0.2, 0.25) is 13.3 Å². The number of hydrogen-bond acceptors (Lipinski definition) is 0. The summed E-state index contributed by atoms with van der Waals surface area (Å²) in [5.41, 5.74) is 0. The molecule has 0 saturated carbocycles. The quantitative estimate of drug-likeness (QED) is 0.601. The minimum absolute atomic E-state index is 0.873. The molecule has 0 aromatic rings. The van der Waals surface area contributed by atoms with E-state index in [0.29, 0.717) is 0 Å². The molecule has 0 N–H and O–H groups in total. The second kappa shape index (κ2) is 8.14. The summed E-state index contributed by atoms with van der Waals surface area (Å²) in [4.78, 5) is 0. The SMILES string of the molecule is C[CH2][Sn+]([CH2]CC(C)C)[CH2]CC(C)C. The topological polar surface area (TPSA) is 0 Å². The Kier molecular flexibility index (Phi) is 8.64. The van der Waals surface area contributed by atoms with Gasteiger partial charge >= 0.3 is 92.4 Å². The van der Waals surface area contributed by atoms with Crippen molar-refractivity contribution in [3.63, 3.8) is 0 Å². The van der Waals surface area contributed by atoms with Crippen LogP contribution >= 0.6 is 0 Å². The van der Waals surface area contributed by atoms with E-state index in [4.69, 9.17) is 0 Å². The van der Waals surface area contributed by atoms with Crippen molar-refractivity contribution >= 4 is 19.8 Å². The Morgan fingerprint density at radius 2 is 1.23 bits per heavy atom. The summed E-state index contributed by atoms with van der Waals surface area (Å²) < 4.78 is 4.86. The van der Waals surface area contributed by atoms with Gasteiger partial charge in [0.15, 0.2) is 0 Å². The Balaban J connectivity index is 3.51. The van der Waals surface area contributed by atoms with E-state index in [-0.39, 0.29) is 0 Å². The van der Waals surface area contributed by atoms with Crippen molar-refractivity contribution in [2.45, 2.75) is 60.8 Å². The Morgan fingerprint density at radius 3 is 1.46 bits per heavy atom. The molecule has 0 bridgehead atoms. The van der Waals surface area contributed by atoms with E-state index < -0.39 is 19.8 Å². The molecule has 0 saturated heterocycles. The van der Waals surface area contributed by atoms with Gasteiger partial charge in [-0.3, -0.25) is 0 Å². The van der Waals surface area contributed by atoms with Gasteiger partial charge in [-0.1, -0.05) is 0 Å². The summed E-state index contributed by atoms with van der Waals surface area (Å²) in [5.74, 6) is 1.86. The van der Waals surface area contributed by atoms with E-state index in [0.717, 1.165) is 11.8 Å². The van der Waals surface area contributed by atoms with E-state index in [1.165, 1.54) is 12.8 Å². The summed E-state index contributed by atoms with van der Waals surface area (Å²) in [7, 11) is 0. The first-order valence-corrected chi connectivity index (χ1v) is 11.9. The van der Waals surface area contributed by atoms with Gasteiger partial charge in [0.1, 0.15) is 0 Å². The van der Waals surface area contributed by atoms with Crippen molar-refractivity contribution in [1.82, 2.24) is 0 Å². The van der Waals surface area contributed by atoms with Crippen molar-refractivity contribution in [3.05, 3.63) is 0 Å². The second-order valence-corrected chi connectivity index (χ2v) is 14.1. The summed E-state index contributed by atoms with van der Waals surface area (Å²) in [6.07, 6.45) is 3.00. The zero-order valence-corrected chi connectivity index (χ0v) is 13.0. The first-order valence-electron chi connectivity index (χ1n) is 5.89. The van der Waals surface area contributed by atoms with Crippen molar-refractivity contribution < 1.29 is 0 Å². The van der Waals surface area contributed by atoms with Crippen LogP contribution in [0.3, 0.4) is 0 Å². The molecule has 0 spiro atoms.